The van der Waals surface area contributed by atoms with Crippen LogP contribution in [0.5, 0.6) is 5.75 Å². The summed E-state index contributed by atoms with van der Waals surface area (Å²) in [5.41, 5.74) is 1.39. The fraction of sp³-hybridized carbons (Fsp3) is 0.0556. The third-order valence-corrected chi connectivity index (χ3v) is 3.61. The van der Waals surface area contributed by atoms with Gasteiger partial charge in [-0.15, -0.1) is 0 Å². The number of hydrogen-bond donors (Lipinski definition) is 2. The van der Waals surface area contributed by atoms with Gasteiger partial charge in [-0.05, 0) is 30.4 Å². The van der Waals surface area contributed by atoms with Crippen molar-refractivity contribution in [2.24, 2.45) is 0 Å². The number of nitrogens with one attached hydrogen (secondary N) is 2. The number of ether oxygens (including phenoxy) is 1. The summed E-state index contributed by atoms with van der Waals surface area (Å²) in [6, 6.07) is 10.3. The number of hydrogen-bond acceptors (Lipinski definition) is 5. The number of para-hydroxylation sites is 2. The molecule has 1 aliphatic heterocycles. The smallest absolute Gasteiger partial charge is 0.387 e. The Labute approximate surface area is 152 Å². The monoisotopic (exact) mass is 373 g/mol. The van der Waals surface area contributed by atoms with Gasteiger partial charge in [-0.2, -0.15) is 8.78 Å². The number of anilines is 2. The van der Waals surface area contributed by atoms with E-state index >= 15 is 0 Å². The zero-order chi connectivity index (χ0) is 19.4. The SMILES string of the molecule is O=C1C=C(/C=C/c2cc([N+](=O)[O-])ccc2OC(F)F)Nc2ccccc2N1. The van der Waals surface area contributed by atoms with E-state index in [1.165, 1.54) is 18.2 Å². The van der Waals surface area contributed by atoms with Gasteiger partial charge in [0.25, 0.3) is 11.6 Å². The van der Waals surface area contributed by atoms with Crippen LogP contribution < -0.4 is 15.4 Å². The second-order valence-corrected chi connectivity index (χ2v) is 5.45. The first-order chi connectivity index (χ1) is 12.9. The number of non-ortho nitro benzene ring substituents is 1. The van der Waals surface area contributed by atoms with Crippen LogP contribution in [0.4, 0.5) is 25.8 Å². The molecule has 0 bridgehead atoms. The summed E-state index contributed by atoms with van der Waals surface area (Å²) < 4.78 is 29.5. The number of halogens is 2. The molecule has 0 fully saturated rings. The van der Waals surface area contributed by atoms with Gasteiger partial charge in [-0.1, -0.05) is 12.1 Å². The zero-order valence-corrected chi connectivity index (χ0v) is 13.7. The molecule has 0 saturated carbocycles. The summed E-state index contributed by atoms with van der Waals surface area (Å²) in [5.74, 6) is -0.596. The number of carbonyl (C=O) groups is 1. The number of nitro benzene ring substituents is 1. The van der Waals surface area contributed by atoms with Crippen molar-refractivity contribution in [1.29, 1.82) is 0 Å². The van der Waals surface area contributed by atoms with Gasteiger partial charge >= 0.3 is 6.61 Å². The standard InChI is InChI=1S/C18H13F2N3O4/c19-18(20)27-16-8-7-13(23(25)26)9-11(16)5-6-12-10-17(24)22-15-4-2-1-3-14(15)21-12/h1-10,18,21H,(H,22,24)/b6-5+. The predicted octanol–water partition coefficient (Wildman–Crippen LogP) is 4.16. The van der Waals surface area contributed by atoms with Gasteiger partial charge < -0.3 is 15.4 Å². The van der Waals surface area contributed by atoms with Crippen LogP contribution in [0.1, 0.15) is 5.56 Å². The molecule has 138 valence electrons. The number of alkyl halides is 2. The van der Waals surface area contributed by atoms with E-state index in [4.69, 9.17) is 0 Å². The fourth-order valence-corrected chi connectivity index (χ4v) is 2.46. The number of carbonyl (C=O) groups excluding carboxylic acids is 1. The summed E-state index contributed by atoms with van der Waals surface area (Å²) in [7, 11) is 0. The average Bonchev–Trinajstić information content (AvgIpc) is 2.77. The summed E-state index contributed by atoms with van der Waals surface area (Å²) in [4.78, 5) is 22.2. The van der Waals surface area contributed by atoms with Crippen LogP contribution in [0.25, 0.3) is 6.08 Å². The molecule has 0 aliphatic carbocycles. The van der Waals surface area contributed by atoms with Gasteiger partial charge in [0.1, 0.15) is 5.75 Å². The number of benzene rings is 2. The molecule has 0 radical (unpaired) electrons. The van der Waals surface area contributed by atoms with Gasteiger partial charge in [0.15, 0.2) is 0 Å². The summed E-state index contributed by atoms with van der Waals surface area (Å²) >= 11 is 0. The Morgan fingerprint density at radius 3 is 2.44 bits per heavy atom. The molecule has 0 spiro atoms. The lowest BCUT2D eigenvalue weighted by atomic mass is 10.1. The number of fused-ring (bicyclic) bond motifs is 1. The lowest BCUT2D eigenvalue weighted by molar-refractivity contribution is -0.384. The Hall–Kier alpha value is -3.75. The average molecular weight is 373 g/mol. The van der Waals surface area contributed by atoms with Crippen molar-refractivity contribution >= 4 is 29.0 Å². The Balaban J connectivity index is 1.93. The lowest BCUT2D eigenvalue weighted by Crippen LogP contribution is -2.06. The van der Waals surface area contributed by atoms with Crippen LogP contribution in [-0.2, 0) is 4.79 Å². The molecule has 1 aliphatic rings. The molecule has 1 amide bonds. The molecule has 3 rings (SSSR count). The van der Waals surface area contributed by atoms with E-state index in [9.17, 15) is 23.7 Å². The molecular formula is C18H13F2N3O4. The van der Waals surface area contributed by atoms with Crippen LogP contribution in [0.3, 0.4) is 0 Å². The van der Waals surface area contributed by atoms with Gasteiger partial charge in [-0.25, -0.2) is 0 Å². The van der Waals surface area contributed by atoms with E-state index in [-0.39, 0.29) is 22.9 Å². The van der Waals surface area contributed by atoms with E-state index < -0.39 is 11.5 Å². The van der Waals surface area contributed by atoms with Crippen LogP contribution in [-0.4, -0.2) is 17.4 Å². The minimum Gasteiger partial charge on any atom is -0.434 e. The molecule has 2 aromatic rings. The molecule has 2 N–H and O–H groups in total. The molecular weight excluding hydrogens is 360 g/mol. The maximum absolute atomic E-state index is 12.6. The molecule has 0 atom stereocenters. The number of amides is 1. The first kappa shape index (κ1) is 18.1. The Bertz CT molecular complexity index is 957. The van der Waals surface area contributed by atoms with Gasteiger partial charge in [0, 0.05) is 29.5 Å². The molecule has 27 heavy (non-hydrogen) atoms. The van der Waals surface area contributed by atoms with Gasteiger partial charge in [0.2, 0.25) is 0 Å². The van der Waals surface area contributed by atoms with Crippen LogP contribution in [0.15, 0.2) is 60.3 Å². The molecule has 9 heteroatoms. The van der Waals surface area contributed by atoms with Crippen LogP contribution in [0.2, 0.25) is 0 Å². The molecule has 0 unspecified atom stereocenters. The van der Waals surface area contributed by atoms with E-state index in [2.05, 4.69) is 15.4 Å². The van der Waals surface area contributed by atoms with Gasteiger partial charge in [-0.3, -0.25) is 14.9 Å². The normalized spacial score (nSPS) is 13.4. The summed E-state index contributed by atoms with van der Waals surface area (Å²) in [6.45, 7) is -3.08. The fourth-order valence-electron chi connectivity index (χ4n) is 2.46. The van der Waals surface area contributed by atoms with E-state index in [0.717, 1.165) is 18.2 Å². The van der Waals surface area contributed by atoms with Gasteiger partial charge in [0.05, 0.1) is 16.3 Å². The molecule has 1 heterocycles. The highest BCUT2D eigenvalue weighted by atomic mass is 19.3. The third-order valence-electron chi connectivity index (χ3n) is 3.61. The zero-order valence-electron chi connectivity index (χ0n) is 13.7. The minimum atomic E-state index is -3.08. The topological polar surface area (TPSA) is 93.5 Å². The quantitative estimate of drug-likeness (QED) is 0.606. The predicted molar refractivity (Wildman–Crippen MR) is 95.5 cm³/mol. The highest BCUT2D eigenvalue weighted by Crippen LogP contribution is 2.29. The van der Waals surface area contributed by atoms with Crippen molar-refractivity contribution in [2.75, 3.05) is 10.6 Å². The molecule has 2 aromatic carbocycles. The van der Waals surface area contributed by atoms with E-state index in [1.807, 2.05) is 0 Å². The van der Waals surface area contributed by atoms with Crippen molar-refractivity contribution in [3.05, 3.63) is 76.0 Å². The Kier molecular flexibility index (Phi) is 5.11. The largest absolute Gasteiger partial charge is 0.434 e. The highest BCUT2D eigenvalue weighted by molar-refractivity contribution is 6.04. The summed E-state index contributed by atoms with van der Waals surface area (Å²) in [6.07, 6.45) is 4.07. The van der Waals surface area contributed by atoms with Crippen LogP contribution >= 0.6 is 0 Å². The Morgan fingerprint density at radius 2 is 1.78 bits per heavy atom. The molecule has 7 nitrogen and oxygen atoms in total. The first-order valence-electron chi connectivity index (χ1n) is 7.72. The van der Waals surface area contributed by atoms with E-state index in [1.54, 1.807) is 24.3 Å². The third kappa shape index (κ3) is 4.46. The molecule has 0 saturated heterocycles. The highest BCUT2D eigenvalue weighted by Gasteiger charge is 2.14. The maximum Gasteiger partial charge on any atom is 0.387 e. The van der Waals surface area contributed by atoms with Crippen LogP contribution in [0, 0.1) is 10.1 Å². The first-order valence-corrected chi connectivity index (χ1v) is 7.72. The number of nitro groups is 1. The number of allylic oxidation sites excluding steroid dienone is 1. The van der Waals surface area contributed by atoms with Crippen molar-refractivity contribution in [3.63, 3.8) is 0 Å². The lowest BCUT2D eigenvalue weighted by Gasteiger charge is -2.09. The second-order valence-electron chi connectivity index (χ2n) is 5.45. The summed E-state index contributed by atoms with van der Waals surface area (Å²) in [5, 5.41) is 16.6. The Morgan fingerprint density at radius 1 is 1.07 bits per heavy atom. The van der Waals surface area contributed by atoms with Crippen molar-refractivity contribution in [1.82, 2.24) is 0 Å². The van der Waals surface area contributed by atoms with Crippen molar-refractivity contribution in [3.8, 4) is 5.75 Å². The maximum atomic E-state index is 12.6. The minimum absolute atomic E-state index is 0.0742. The van der Waals surface area contributed by atoms with Crippen molar-refractivity contribution in [2.45, 2.75) is 6.61 Å². The number of nitrogens with zero attached hydrogens (tertiary/aromatic N) is 1. The second kappa shape index (κ2) is 7.65. The number of rotatable bonds is 5. The van der Waals surface area contributed by atoms with E-state index in [0.29, 0.717) is 17.1 Å². The molecule has 0 aromatic heterocycles. The van der Waals surface area contributed by atoms with Crippen molar-refractivity contribution < 1.29 is 23.2 Å².